The van der Waals surface area contributed by atoms with Gasteiger partial charge in [-0.15, -0.1) is 0 Å². The van der Waals surface area contributed by atoms with Gasteiger partial charge in [-0.3, -0.25) is 0 Å². The molecule has 0 aromatic heterocycles. The van der Waals surface area contributed by atoms with E-state index < -0.39 is 31.3 Å². The molecule has 0 N–H and O–H groups in total. The Hall–Kier alpha value is 0.640. The third kappa shape index (κ3) is 3.77. The monoisotopic (exact) mass is 416 g/mol. The van der Waals surface area contributed by atoms with E-state index in [9.17, 15) is 0 Å². The molecule has 0 saturated carbocycles. The molecule has 21 heavy (non-hydrogen) atoms. The van der Waals surface area contributed by atoms with E-state index in [2.05, 4.69) is 49.5 Å². The van der Waals surface area contributed by atoms with Crippen LogP contribution in [0.4, 0.5) is 0 Å². The Labute approximate surface area is 154 Å². The Balaban J connectivity index is 0.00000110. The first kappa shape index (κ1) is 19.7. The van der Waals surface area contributed by atoms with Crippen LogP contribution in [0, 0.1) is 0 Å². The van der Waals surface area contributed by atoms with E-state index in [1.54, 1.807) is 18.1 Å². The van der Waals surface area contributed by atoms with Crippen molar-refractivity contribution >= 4 is 8.07 Å². The Morgan fingerprint density at radius 2 is 1.86 bits per heavy atom. The van der Waals surface area contributed by atoms with Crippen molar-refractivity contribution in [1.82, 2.24) is 0 Å². The van der Waals surface area contributed by atoms with Gasteiger partial charge in [-0.05, 0) is 0 Å². The Morgan fingerprint density at radius 3 is 2.33 bits per heavy atom. The largest absolute Gasteiger partial charge is 1.00 e. The predicted molar refractivity (Wildman–Crippen MR) is 82.5 cm³/mol. The van der Waals surface area contributed by atoms with Crippen molar-refractivity contribution in [3.8, 4) is 0 Å². The third-order valence-electron chi connectivity index (χ3n) is 5.17. The zero-order valence-corrected chi connectivity index (χ0v) is 17.7. The fourth-order valence-corrected chi connectivity index (χ4v) is 17.8. The summed E-state index contributed by atoms with van der Waals surface area (Å²) < 4.78 is 2.47. The third-order valence-corrected chi connectivity index (χ3v) is 19.4. The molecule has 0 aromatic rings. The van der Waals surface area contributed by atoms with E-state index in [-0.39, 0.29) is 24.8 Å². The molecular formula is C17H24Cl2SiZr. The van der Waals surface area contributed by atoms with E-state index in [1.165, 1.54) is 25.7 Å². The van der Waals surface area contributed by atoms with Gasteiger partial charge in [0.1, 0.15) is 0 Å². The smallest absolute Gasteiger partial charge is 1.00 e. The molecule has 1 heterocycles. The van der Waals surface area contributed by atoms with Gasteiger partial charge in [0.25, 0.3) is 0 Å². The van der Waals surface area contributed by atoms with Crippen LogP contribution in [0.15, 0.2) is 45.8 Å². The molecule has 1 fully saturated rings. The molecule has 3 rings (SSSR count). The predicted octanol–water partition coefficient (Wildman–Crippen LogP) is -0.603. The Morgan fingerprint density at radius 1 is 1.14 bits per heavy atom. The molecule has 0 spiro atoms. The number of allylic oxidation sites excluding steroid dienone is 8. The van der Waals surface area contributed by atoms with Crippen molar-refractivity contribution in [2.45, 2.75) is 53.5 Å². The molecule has 0 atom stereocenters. The van der Waals surface area contributed by atoms with Crippen LogP contribution in [-0.2, 0) is 23.2 Å². The second-order valence-corrected chi connectivity index (χ2v) is 16.6. The maximum Gasteiger partial charge on any atom is -1.00 e. The van der Waals surface area contributed by atoms with Crippen LogP contribution in [-0.4, -0.2) is 8.07 Å². The van der Waals surface area contributed by atoms with Crippen LogP contribution in [0.5, 0.6) is 0 Å². The van der Waals surface area contributed by atoms with Gasteiger partial charge in [0.2, 0.25) is 0 Å². The Bertz CT molecular complexity index is 449. The molecule has 2 aliphatic carbocycles. The van der Waals surface area contributed by atoms with Crippen LogP contribution >= 0.6 is 0 Å². The van der Waals surface area contributed by atoms with Gasteiger partial charge in [0.05, 0.1) is 0 Å². The van der Waals surface area contributed by atoms with Crippen molar-refractivity contribution in [3.63, 3.8) is 0 Å². The van der Waals surface area contributed by atoms with E-state index in [0.29, 0.717) is 2.75 Å². The van der Waals surface area contributed by atoms with Crippen molar-refractivity contribution in [2.75, 3.05) is 0 Å². The summed E-state index contributed by atoms with van der Waals surface area (Å²) in [6.07, 6.45) is 22.8. The summed E-state index contributed by atoms with van der Waals surface area (Å²) in [7, 11) is -1.02. The number of unbranched alkanes of at least 4 members (excludes halogenated alkanes) is 1. The van der Waals surface area contributed by atoms with Crippen molar-refractivity contribution in [2.24, 2.45) is 0 Å². The summed E-state index contributed by atoms with van der Waals surface area (Å²) in [5.41, 5.74) is 0. The SMILES string of the molecule is CCCC[Si]1([C]2([Zr+2][C]3=CC=CC3)C=CC=C2)CCC1.[Cl-].[Cl-]. The summed E-state index contributed by atoms with van der Waals surface area (Å²) in [5.74, 6) is 0. The van der Waals surface area contributed by atoms with Crippen LogP contribution in [0.3, 0.4) is 0 Å². The average Bonchev–Trinajstić information content (AvgIpc) is 3.01. The van der Waals surface area contributed by atoms with Gasteiger partial charge in [0.15, 0.2) is 0 Å². The van der Waals surface area contributed by atoms with Crippen LogP contribution < -0.4 is 24.8 Å². The first-order valence-electron chi connectivity index (χ1n) is 7.81. The number of rotatable bonds is 6. The molecular weight excluding hydrogens is 394 g/mol. The maximum absolute atomic E-state index is 2.65. The molecule has 0 radical (unpaired) electrons. The van der Waals surface area contributed by atoms with Crippen LogP contribution in [0.2, 0.25) is 20.9 Å². The molecule has 0 amide bonds. The minimum atomic E-state index is -1.02. The zero-order chi connectivity index (χ0) is 13.2. The quantitative estimate of drug-likeness (QED) is 0.506. The van der Waals surface area contributed by atoms with E-state index in [1.807, 2.05) is 3.28 Å². The summed E-state index contributed by atoms with van der Waals surface area (Å²) in [4.78, 5) is 0. The first-order chi connectivity index (χ1) is 9.30. The molecule has 1 saturated heterocycles. The first-order valence-corrected chi connectivity index (χ1v) is 12.9. The van der Waals surface area contributed by atoms with Crippen molar-refractivity contribution in [3.05, 3.63) is 45.8 Å². The van der Waals surface area contributed by atoms with Gasteiger partial charge in [0, 0.05) is 0 Å². The van der Waals surface area contributed by atoms with Gasteiger partial charge < -0.3 is 24.8 Å². The number of halogens is 2. The number of hydrogen-bond acceptors (Lipinski definition) is 0. The molecule has 1 aliphatic heterocycles. The van der Waals surface area contributed by atoms with Crippen LogP contribution in [0.1, 0.15) is 32.6 Å². The molecule has 4 heteroatoms. The van der Waals surface area contributed by atoms with Crippen molar-refractivity contribution < 1.29 is 48.0 Å². The standard InChI is InChI=1S/C12H19Si.C5H5.2ClH.Zr/c1-2-3-9-13(10-6-11-13)12-7-4-5-8-12;1-2-4-5-3-1;;;/h4-5,7-8H,2-3,6,9-11H2,1H3;1-3H,4H2;2*1H;/q;;;;+2/p-2. The fraction of sp³-hybridized carbons (Fsp3) is 0.529. The van der Waals surface area contributed by atoms with E-state index >= 15 is 0 Å². The summed E-state index contributed by atoms with van der Waals surface area (Å²) in [6, 6.07) is 4.83. The molecule has 114 valence electrons. The van der Waals surface area contributed by atoms with E-state index in [4.69, 9.17) is 0 Å². The molecule has 0 bridgehead atoms. The van der Waals surface area contributed by atoms with Gasteiger partial charge >= 0.3 is 131 Å². The van der Waals surface area contributed by atoms with E-state index in [0.717, 1.165) is 0 Å². The summed E-state index contributed by atoms with van der Waals surface area (Å²) in [5, 5.41) is 0. The average molecular weight is 419 g/mol. The summed E-state index contributed by atoms with van der Waals surface area (Å²) in [6.45, 7) is 2.36. The van der Waals surface area contributed by atoms with Gasteiger partial charge in [-0.2, -0.15) is 0 Å². The van der Waals surface area contributed by atoms with Crippen LogP contribution in [0.25, 0.3) is 0 Å². The molecule has 0 aromatic carbocycles. The number of hydrogen-bond donors (Lipinski definition) is 0. The summed E-state index contributed by atoms with van der Waals surface area (Å²) >= 11 is -0.474. The Kier molecular flexibility index (Phi) is 7.95. The molecule has 0 unspecified atom stereocenters. The second-order valence-electron chi connectivity index (χ2n) is 6.27. The maximum atomic E-state index is 2.65. The van der Waals surface area contributed by atoms with Gasteiger partial charge in [-0.25, -0.2) is 0 Å². The minimum absolute atomic E-state index is 0. The second kappa shape index (κ2) is 8.48. The van der Waals surface area contributed by atoms with Gasteiger partial charge in [-0.1, -0.05) is 0 Å². The van der Waals surface area contributed by atoms with Crippen molar-refractivity contribution in [1.29, 1.82) is 0 Å². The normalized spacial score (nSPS) is 22.8. The zero-order valence-electron chi connectivity index (χ0n) is 12.7. The topological polar surface area (TPSA) is 0 Å². The fourth-order valence-electron chi connectivity index (χ4n) is 3.83. The molecule has 0 nitrogen and oxygen atoms in total. The molecule has 3 aliphatic rings. The minimum Gasteiger partial charge on any atom is -1.00 e.